The Morgan fingerprint density at radius 1 is 1.00 bits per heavy atom. The zero-order chi connectivity index (χ0) is 22.9. The first-order valence-electron chi connectivity index (χ1n) is 10.8. The molecule has 0 fully saturated rings. The predicted octanol–water partition coefficient (Wildman–Crippen LogP) is 4.26. The van der Waals surface area contributed by atoms with Crippen molar-refractivity contribution in [3.05, 3.63) is 70.1 Å². The number of benzene rings is 2. The van der Waals surface area contributed by atoms with E-state index in [0.29, 0.717) is 25.0 Å². The highest BCUT2D eigenvalue weighted by Crippen LogP contribution is 2.21. The van der Waals surface area contributed by atoms with Crippen LogP contribution in [0.1, 0.15) is 49.0 Å². The number of esters is 1. The third kappa shape index (κ3) is 6.20. The van der Waals surface area contributed by atoms with Crippen molar-refractivity contribution < 1.29 is 23.5 Å². The van der Waals surface area contributed by atoms with Gasteiger partial charge in [0.2, 0.25) is 0 Å². The molecule has 0 saturated carbocycles. The minimum atomic E-state index is -0.737. The molecule has 0 unspecified atom stereocenters. The van der Waals surface area contributed by atoms with Crippen LogP contribution in [0, 0.1) is 0 Å². The summed E-state index contributed by atoms with van der Waals surface area (Å²) >= 11 is 0. The lowest BCUT2D eigenvalue weighted by atomic mass is 10.1. The van der Waals surface area contributed by atoms with E-state index < -0.39 is 17.5 Å². The number of carbonyl (C=O) groups is 2. The molecule has 1 aromatic heterocycles. The summed E-state index contributed by atoms with van der Waals surface area (Å²) in [5.74, 6) is 0.154. The Morgan fingerprint density at radius 2 is 1.75 bits per heavy atom. The first kappa shape index (κ1) is 23.1. The zero-order valence-electron chi connectivity index (χ0n) is 18.3. The summed E-state index contributed by atoms with van der Waals surface area (Å²) in [5, 5.41) is 3.22. The van der Waals surface area contributed by atoms with Gasteiger partial charge < -0.3 is 19.2 Å². The van der Waals surface area contributed by atoms with Crippen molar-refractivity contribution in [2.45, 2.75) is 39.5 Å². The Kier molecular flexibility index (Phi) is 8.02. The van der Waals surface area contributed by atoms with Crippen molar-refractivity contribution in [1.29, 1.82) is 0 Å². The smallest absolute Gasteiger partial charge is 0.349 e. The maximum absolute atomic E-state index is 12.1. The lowest BCUT2D eigenvalue weighted by Crippen LogP contribution is -2.28. The number of carbonyl (C=O) groups excluding carboxylic acids is 2. The number of rotatable bonds is 10. The molecule has 0 aliphatic rings. The molecule has 7 heteroatoms. The van der Waals surface area contributed by atoms with Gasteiger partial charge in [-0.1, -0.05) is 26.0 Å². The van der Waals surface area contributed by atoms with Crippen LogP contribution in [0.15, 0.2) is 57.7 Å². The second-order valence-corrected chi connectivity index (χ2v) is 7.33. The van der Waals surface area contributed by atoms with Crippen LogP contribution in [0.2, 0.25) is 0 Å². The van der Waals surface area contributed by atoms with E-state index >= 15 is 0 Å². The van der Waals surface area contributed by atoms with Gasteiger partial charge in [-0.2, -0.15) is 0 Å². The molecule has 0 spiro atoms. The van der Waals surface area contributed by atoms with E-state index in [1.54, 1.807) is 12.1 Å². The fourth-order valence-corrected chi connectivity index (χ4v) is 3.06. The van der Waals surface area contributed by atoms with Crippen LogP contribution in [0.4, 0.5) is 0 Å². The second kappa shape index (κ2) is 11.1. The molecular formula is C25H27NO6. The minimum absolute atomic E-state index is 0.0555. The summed E-state index contributed by atoms with van der Waals surface area (Å²) in [7, 11) is 0. The van der Waals surface area contributed by atoms with Crippen molar-refractivity contribution in [2.24, 2.45) is 0 Å². The monoisotopic (exact) mass is 437 g/mol. The molecule has 2 aromatic carbocycles. The number of amides is 1. The standard InChI is InChI=1S/C25H27NO6/c1-3-13-26-24(28)21-15-18-9-12-20(16-22(18)32-25(21)29)31-23(27)6-5-14-30-19-10-7-17(4-2)8-11-19/h7-12,15-16H,3-6,13-14H2,1-2H3,(H,26,28). The molecule has 168 valence electrons. The van der Waals surface area contributed by atoms with Gasteiger partial charge in [0, 0.05) is 24.4 Å². The fourth-order valence-electron chi connectivity index (χ4n) is 3.06. The van der Waals surface area contributed by atoms with Crippen LogP contribution in [-0.4, -0.2) is 25.0 Å². The Bertz CT molecular complexity index is 1130. The van der Waals surface area contributed by atoms with E-state index in [2.05, 4.69) is 12.2 Å². The van der Waals surface area contributed by atoms with Gasteiger partial charge in [-0.05, 0) is 55.2 Å². The van der Waals surface area contributed by atoms with Crippen molar-refractivity contribution in [3.8, 4) is 11.5 Å². The summed E-state index contributed by atoms with van der Waals surface area (Å²) < 4.78 is 16.2. The lowest BCUT2D eigenvalue weighted by molar-refractivity contribution is -0.134. The summed E-state index contributed by atoms with van der Waals surface area (Å²) in [6, 6.07) is 14.0. The topological polar surface area (TPSA) is 94.8 Å². The lowest BCUT2D eigenvalue weighted by Gasteiger charge is -2.08. The van der Waals surface area contributed by atoms with Crippen LogP contribution in [0.25, 0.3) is 11.0 Å². The van der Waals surface area contributed by atoms with Crippen molar-refractivity contribution in [2.75, 3.05) is 13.2 Å². The highest BCUT2D eigenvalue weighted by atomic mass is 16.5. The largest absolute Gasteiger partial charge is 0.494 e. The Labute approximate surface area is 186 Å². The first-order valence-corrected chi connectivity index (χ1v) is 10.8. The maximum atomic E-state index is 12.1. The summed E-state index contributed by atoms with van der Waals surface area (Å²) in [6.45, 7) is 4.89. The van der Waals surface area contributed by atoms with Gasteiger partial charge in [-0.3, -0.25) is 9.59 Å². The Balaban J connectivity index is 1.54. The quantitative estimate of drug-likeness (QED) is 0.220. The average Bonchev–Trinajstić information content (AvgIpc) is 2.80. The van der Waals surface area contributed by atoms with Crippen LogP contribution in [-0.2, 0) is 11.2 Å². The molecule has 0 atom stereocenters. The summed E-state index contributed by atoms with van der Waals surface area (Å²) in [5.41, 5.74) is 0.688. The van der Waals surface area contributed by atoms with Crippen LogP contribution < -0.4 is 20.4 Å². The molecule has 0 radical (unpaired) electrons. The second-order valence-electron chi connectivity index (χ2n) is 7.33. The van der Waals surface area contributed by atoms with Crippen molar-refractivity contribution in [1.82, 2.24) is 5.32 Å². The number of ether oxygens (including phenoxy) is 2. The van der Waals surface area contributed by atoms with E-state index in [0.717, 1.165) is 18.6 Å². The molecule has 0 bridgehead atoms. The molecule has 7 nitrogen and oxygen atoms in total. The fraction of sp³-hybridized carbons (Fsp3) is 0.320. The van der Waals surface area contributed by atoms with Gasteiger partial charge in [0.25, 0.3) is 5.91 Å². The summed E-state index contributed by atoms with van der Waals surface area (Å²) in [4.78, 5) is 36.4. The number of fused-ring (bicyclic) bond motifs is 1. The first-order chi connectivity index (χ1) is 15.5. The van der Waals surface area contributed by atoms with Crippen LogP contribution in [0.5, 0.6) is 11.5 Å². The molecule has 0 saturated heterocycles. The zero-order valence-corrected chi connectivity index (χ0v) is 18.3. The van der Waals surface area contributed by atoms with Gasteiger partial charge in [0.1, 0.15) is 22.6 Å². The number of aryl methyl sites for hydroxylation is 1. The number of hydrogen-bond acceptors (Lipinski definition) is 6. The molecule has 0 aliphatic carbocycles. The van der Waals surface area contributed by atoms with Crippen LogP contribution in [0.3, 0.4) is 0 Å². The molecular weight excluding hydrogens is 410 g/mol. The Hall–Kier alpha value is -3.61. The van der Waals surface area contributed by atoms with E-state index in [1.807, 2.05) is 31.2 Å². The highest BCUT2D eigenvalue weighted by molar-refractivity contribution is 5.96. The molecule has 1 amide bonds. The molecule has 0 aliphatic heterocycles. The SMILES string of the molecule is CCCNC(=O)c1cc2ccc(OC(=O)CCCOc3ccc(CC)cc3)cc2oc1=O. The minimum Gasteiger partial charge on any atom is -0.494 e. The normalized spacial score (nSPS) is 10.7. The van der Waals surface area contributed by atoms with Crippen LogP contribution >= 0.6 is 0 Å². The van der Waals surface area contributed by atoms with Crippen molar-refractivity contribution in [3.63, 3.8) is 0 Å². The Morgan fingerprint density at radius 3 is 2.47 bits per heavy atom. The van der Waals surface area contributed by atoms with E-state index in [-0.39, 0.29) is 23.3 Å². The van der Waals surface area contributed by atoms with Gasteiger partial charge in [-0.25, -0.2) is 4.79 Å². The molecule has 1 N–H and O–H groups in total. The molecule has 32 heavy (non-hydrogen) atoms. The van der Waals surface area contributed by atoms with Crippen molar-refractivity contribution >= 4 is 22.8 Å². The molecule has 3 aromatic rings. The third-order valence-electron chi connectivity index (χ3n) is 4.84. The number of hydrogen-bond donors (Lipinski definition) is 1. The predicted molar refractivity (Wildman–Crippen MR) is 121 cm³/mol. The van der Waals surface area contributed by atoms with E-state index in [4.69, 9.17) is 13.9 Å². The highest BCUT2D eigenvalue weighted by Gasteiger charge is 2.14. The summed E-state index contributed by atoms with van der Waals surface area (Å²) in [6.07, 6.45) is 2.43. The maximum Gasteiger partial charge on any atom is 0.349 e. The van der Waals surface area contributed by atoms with Gasteiger partial charge >= 0.3 is 11.6 Å². The third-order valence-corrected chi connectivity index (χ3v) is 4.84. The van der Waals surface area contributed by atoms with Gasteiger partial charge in [0.05, 0.1) is 6.61 Å². The number of nitrogens with one attached hydrogen (secondary N) is 1. The average molecular weight is 437 g/mol. The molecule has 1 heterocycles. The van der Waals surface area contributed by atoms with E-state index in [1.165, 1.54) is 17.7 Å². The van der Waals surface area contributed by atoms with Gasteiger partial charge in [0.15, 0.2) is 0 Å². The van der Waals surface area contributed by atoms with Gasteiger partial charge in [-0.15, -0.1) is 0 Å². The molecule has 3 rings (SSSR count). The van der Waals surface area contributed by atoms with E-state index in [9.17, 15) is 14.4 Å².